The number of hydrogen-bond donors (Lipinski definition) is 6. The van der Waals surface area contributed by atoms with Gasteiger partial charge in [0.1, 0.15) is 71.7 Å². The van der Waals surface area contributed by atoms with E-state index in [1.807, 2.05) is 0 Å². The normalized spacial score (nSPS) is 25.4. The predicted molar refractivity (Wildman–Crippen MR) is 278 cm³/mol. The molecule has 6 heterocycles. The Kier molecular flexibility index (Phi) is 18.9. The van der Waals surface area contributed by atoms with Crippen molar-refractivity contribution in [2.24, 2.45) is 0 Å². The molecular formula is C48H64F2N12O14P2. The molecule has 0 aliphatic carbocycles. The monoisotopic (exact) mass is 1130 g/mol. The molecule has 2 aliphatic rings. The van der Waals surface area contributed by atoms with E-state index in [4.69, 9.17) is 37.0 Å². The first-order valence-electron chi connectivity index (χ1n) is 24.6. The molecule has 2 fully saturated rings. The highest BCUT2D eigenvalue weighted by atomic mass is 31.2. The molecule has 2 aromatic carbocycles. The van der Waals surface area contributed by atoms with Crippen molar-refractivity contribution < 1.29 is 74.8 Å². The number of imidazole rings is 2. The molecule has 2 saturated heterocycles. The Morgan fingerprint density at radius 1 is 0.628 bits per heavy atom. The second kappa shape index (κ2) is 24.8. The van der Waals surface area contributed by atoms with E-state index in [0.717, 1.165) is 0 Å². The van der Waals surface area contributed by atoms with Gasteiger partial charge in [-0.1, -0.05) is 36.4 Å². The molecule has 26 nitrogen and oxygen atoms in total. The van der Waals surface area contributed by atoms with Crippen LogP contribution < -0.4 is 29.9 Å². The molecule has 12 atom stereocenters. The van der Waals surface area contributed by atoms with Crippen LogP contribution >= 0.6 is 15.5 Å². The highest BCUT2D eigenvalue weighted by Crippen LogP contribution is 2.50. The van der Waals surface area contributed by atoms with Crippen molar-refractivity contribution in [3.8, 4) is 11.5 Å². The van der Waals surface area contributed by atoms with Gasteiger partial charge in [-0.3, -0.25) is 27.8 Å². The van der Waals surface area contributed by atoms with E-state index < -0.39 is 113 Å². The van der Waals surface area contributed by atoms with Gasteiger partial charge >= 0.3 is 27.4 Å². The van der Waals surface area contributed by atoms with Crippen LogP contribution in [0.3, 0.4) is 0 Å². The summed E-state index contributed by atoms with van der Waals surface area (Å²) in [5.74, 6) is -0.0729. The lowest BCUT2D eigenvalue weighted by Gasteiger charge is -2.25. The average Bonchev–Trinajstić information content (AvgIpc) is 4.25. The Labute approximate surface area is 447 Å². The topological polar surface area (TPSA) is 318 Å². The number of esters is 2. The summed E-state index contributed by atoms with van der Waals surface area (Å²) in [5, 5.41) is 32.5. The minimum Gasteiger partial charge on any atom is -0.462 e. The fourth-order valence-electron chi connectivity index (χ4n) is 8.13. The quantitative estimate of drug-likeness (QED) is 0.0336. The molecule has 8 rings (SSSR count). The number of nitrogens with one attached hydrogen (secondary N) is 4. The molecule has 78 heavy (non-hydrogen) atoms. The van der Waals surface area contributed by atoms with Crippen LogP contribution in [0.5, 0.6) is 11.5 Å². The number of alkyl halides is 2. The molecule has 2 aliphatic heterocycles. The Balaban J connectivity index is 0.000000226. The van der Waals surface area contributed by atoms with Crippen molar-refractivity contribution in [3.63, 3.8) is 0 Å². The molecule has 0 spiro atoms. The van der Waals surface area contributed by atoms with E-state index in [2.05, 4.69) is 50.7 Å². The Morgan fingerprint density at radius 3 is 1.32 bits per heavy atom. The fourth-order valence-corrected chi connectivity index (χ4v) is 11.1. The van der Waals surface area contributed by atoms with E-state index >= 15 is 8.78 Å². The van der Waals surface area contributed by atoms with E-state index in [-0.39, 0.29) is 22.8 Å². The smallest absolute Gasteiger partial charge is 0.459 e. The number of para-hydroxylation sites is 2. The third kappa shape index (κ3) is 13.6. The van der Waals surface area contributed by atoms with Gasteiger partial charge < -0.3 is 48.8 Å². The van der Waals surface area contributed by atoms with E-state index in [1.54, 1.807) is 102 Å². The molecular weight excluding hydrogens is 1070 g/mol. The number of aliphatic hydroxyl groups excluding tert-OH is 2. The predicted octanol–water partition coefficient (Wildman–Crippen LogP) is 5.98. The van der Waals surface area contributed by atoms with Crippen LogP contribution in [0.15, 0.2) is 86.0 Å². The van der Waals surface area contributed by atoms with Crippen LogP contribution in [0.25, 0.3) is 22.3 Å². The molecule has 424 valence electrons. The average molecular weight is 1130 g/mol. The summed E-state index contributed by atoms with van der Waals surface area (Å²) in [5.41, 5.74) is -3.26. The van der Waals surface area contributed by atoms with Crippen molar-refractivity contribution in [1.82, 2.24) is 49.2 Å². The number of nitrogens with zero attached hydrogens (tertiary/aromatic N) is 8. The van der Waals surface area contributed by atoms with Crippen LogP contribution in [0, 0.1) is 0 Å². The van der Waals surface area contributed by atoms with E-state index in [9.17, 15) is 28.9 Å². The first-order chi connectivity index (χ1) is 36.9. The van der Waals surface area contributed by atoms with Gasteiger partial charge in [0, 0.05) is 14.1 Å². The van der Waals surface area contributed by atoms with Gasteiger partial charge in [0.25, 0.3) is 0 Å². The lowest BCUT2D eigenvalue weighted by atomic mass is 9.98. The van der Waals surface area contributed by atoms with Gasteiger partial charge in [0.05, 0.1) is 38.1 Å². The Hall–Kier alpha value is -6.32. The standard InChI is InChI=1S/2C24H32FN6O7P/c2*1-14(2)36-22(33)15(3)30-39(34,38-16-9-7-6-8-10-16)35-11-17-19(32)24(4,25)23(37-17)31-13-29-18-20(26-5)27-12-28-21(18)31/h2*6-10,12-15,17,19,23,32H,11H2,1-5H3,(H,30,34)(H,26,27,28)/t15-,17+,19+,23+,24+,39+;15-,17+,19+,23+,24+,39-/m00/s1. The zero-order valence-corrected chi connectivity index (χ0v) is 46.1. The van der Waals surface area contributed by atoms with Gasteiger partial charge in [-0.25, -0.2) is 47.8 Å². The summed E-state index contributed by atoms with van der Waals surface area (Å²) in [6, 6.07) is 14.2. The van der Waals surface area contributed by atoms with Crippen molar-refractivity contribution in [3.05, 3.63) is 86.0 Å². The van der Waals surface area contributed by atoms with Crippen LogP contribution in [-0.4, -0.2) is 149 Å². The number of aromatic nitrogens is 8. The molecule has 0 saturated carbocycles. The summed E-state index contributed by atoms with van der Waals surface area (Å²) in [6.45, 7) is 10.9. The summed E-state index contributed by atoms with van der Waals surface area (Å²) < 4.78 is 106. The maximum atomic E-state index is 15.9. The number of rotatable bonds is 22. The minimum absolute atomic E-state index is 0.198. The second-order valence-corrected chi connectivity index (χ2v) is 22.3. The van der Waals surface area contributed by atoms with Crippen LogP contribution in [-0.2, 0) is 46.7 Å². The van der Waals surface area contributed by atoms with Gasteiger partial charge in [0.2, 0.25) is 0 Å². The largest absolute Gasteiger partial charge is 0.462 e. The van der Waals surface area contributed by atoms with Crippen LogP contribution in [0.1, 0.15) is 67.8 Å². The third-order valence-electron chi connectivity index (χ3n) is 12.0. The summed E-state index contributed by atoms with van der Waals surface area (Å²) >= 11 is 0. The fraction of sp³-hybridized carbons (Fsp3) is 0.500. The van der Waals surface area contributed by atoms with Crippen molar-refractivity contribution in [2.45, 2.75) is 128 Å². The summed E-state index contributed by atoms with van der Waals surface area (Å²) in [7, 11) is -5.19. The van der Waals surface area contributed by atoms with Crippen LogP contribution in [0.2, 0.25) is 0 Å². The lowest BCUT2D eigenvalue weighted by Crippen LogP contribution is -2.41. The maximum absolute atomic E-state index is 15.9. The maximum Gasteiger partial charge on any atom is 0.459 e. The zero-order chi connectivity index (χ0) is 56.7. The minimum atomic E-state index is -4.26. The van der Waals surface area contributed by atoms with Crippen molar-refractivity contribution in [1.29, 1.82) is 0 Å². The Bertz CT molecular complexity index is 2890. The highest BCUT2D eigenvalue weighted by Gasteiger charge is 2.57. The number of anilines is 2. The number of benzene rings is 2. The van der Waals surface area contributed by atoms with Gasteiger partial charge in [-0.05, 0) is 79.7 Å². The summed E-state index contributed by atoms with van der Waals surface area (Å²) in [6.07, 6.45) is -4.10. The number of carbonyl (C=O) groups excluding carboxylic acids is 2. The van der Waals surface area contributed by atoms with Crippen LogP contribution in [0.4, 0.5) is 20.4 Å². The van der Waals surface area contributed by atoms with Gasteiger partial charge in [-0.2, -0.15) is 10.2 Å². The first-order valence-corrected chi connectivity index (χ1v) is 27.7. The van der Waals surface area contributed by atoms with Crippen molar-refractivity contribution >= 4 is 61.4 Å². The lowest BCUT2D eigenvalue weighted by molar-refractivity contribution is -0.150. The molecule has 4 aromatic heterocycles. The second-order valence-electron chi connectivity index (χ2n) is 18.9. The number of fused-ring (bicyclic) bond motifs is 2. The third-order valence-corrected chi connectivity index (χ3v) is 15.3. The molecule has 0 unspecified atom stereocenters. The molecule has 0 bridgehead atoms. The number of ether oxygens (including phenoxy) is 4. The number of aliphatic hydroxyl groups is 2. The van der Waals surface area contributed by atoms with E-state index in [0.29, 0.717) is 22.7 Å². The molecule has 30 heteroatoms. The molecule has 6 aromatic rings. The number of hydrogen-bond acceptors (Lipinski definition) is 22. The Morgan fingerprint density at radius 2 is 0.987 bits per heavy atom. The number of halogens is 2. The number of carbonyl (C=O) groups is 2. The van der Waals surface area contributed by atoms with Crippen molar-refractivity contribution in [2.75, 3.05) is 37.9 Å². The van der Waals surface area contributed by atoms with E-state index in [1.165, 1.54) is 62.1 Å². The SMILES string of the molecule is CNc1ncnc2c1ncn2[C@@H]1O[C@H](CO[P@@](=O)(N[C@@H](C)C(=O)OC(C)C)Oc2ccccc2)[C@@H](O)[C@@]1(C)F.CNc1ncnc2c1ncn2[C@@H]1O[C@H](CO[P@](=O)(N[C@@H](C)C(=O)OC(C)C)Oc2ccccc2)[C@@H](O)[C@@]1(C)F. The molecule has 6 N–H and O–H groups in total. The molecule has 0 amide bonds. The molecule has 0 radical (unpaired) electrons. The van der Waals surface area contributed by atoms with Gasteiger partial charge in [-0.15, -0.1) is 0 Å². The zero-order valence-electron chi connectivity index (χ0n) is 44.3. The highest BCUT2D eigenvalue weighted by molar-refractivity contribution is 7.52. The first kappa shape index (κ1) is 59.3. The summed E-state index contributed by atoms with van der Waals surface area (Å²) in [4.78, 5) is 49.7. The van der Waals surface area contributed by atoms with Gasteiger partial charge in [0.15, 0.2) is 46.7 Å².